The summed E-state index contributed by atoms with van der Waals surface area (Å²) in [5.74, 6) is 0.886. The van der Waals surface area contributed by atoms with Crippen molar-refractivity contribution in [1.29, 1.82) is 0 Å². The SMILES string of the molecule is CNC(c1sccc1I)C1CCC1. The minimum atomic E-state index is 0.612. The van der Waals surface area contributed by atoms with Crippen molar-refractivity contribution in [3.8, 4) is 0 Å². The van der Waals surface area contributed by atoms with Crippen LogP contribution in [-0.2, 0) is 0 Å². The topological polar surface area (TPSA) is 12.0 Å². The second-order valence-electron chi connectivity index (χ2n) is 3.59. The lowest BCUT2D eigenvalue weighted by atomic mass is 9.79. The highest BCUT2D eigenvalue weighted by Gasteiger charge is 2.28. The maximum atomic E-state index is 3.45. The second kappa shape index (κ2) is 4.28. The maximum Gasteiger partial charge on any atom is 0.0451 e. The summed E-state index contributed by atoms with van der Waals surface area (Å²) in [6.45, 7) is 0. The Labute approximate surface area is 97.1 Å². The molecule has 1 unspecified atom stereocenters. The van der Waals surface area contributed by atoms with E-state index in [1.807, 2.05) is 11.3 Å². The molecule has 0 aliphatic heterocycles. The molecule has 1 aliphatic carbocycles. The molecule has 1 aromatic heterocycles. The van der Waals surface area contributed by atoms with Crippen molar-refractivity contribution in [2.45, 2.75) is 25.3 Å². The molecule has 0 spiro atoms. The Morgan fingerprint density at radius 3 is 2.77 bits per heavy atom. The molecule has 0 saturated heterocycles. The minimum absolute atomic E-state index is 0.612. The second-order valence-corrected chi connectivity index (χ2v) is 5.70. The highest BCUT2D eigenvalue weighted by atomic mass is 127. The molecule has 0 amide bonds. The van der Waals surface area contributed by atoms with Gasteiger partial charge in [0.25, 0.3) is 0 Å². The molecule has 72 valence electrons. The van der Waals surface area contributed by atoms with E-state index in [1.165, 1.54) is 27.7 Å². The molecule has 1 N–H and O–H groups in total. The summed E-state index contributed by atoms with van der Waals surface area (Å²) in [7, 11) is 2.08. The van der Waals surface area contributed by atoms with Crippen molar-refractivity contribution in [3.63, 3.8) is 0 Å². The fourth-order valence-corrected chi connectivity index (χ4v) is 4.01. The van der Waals surface area contributed by atoms with Crippen LogP contribution in [0.1, 0.15) is 30.2 Å². The van der Waals surface area contributed by atoms with Crippen LogP contribution >= 0.6 is 33.9 Å². The van der Waals surface area contributed by atoms with Crippen LogP contribution in [0.4, 0.5) is 0 Å². The van der Waals surface area contributed by atoms with Crippen LogP contribution in [-0.4, -0.2) is 7.05 Å². The zero-order chi connectivity index (χ0) is 9.26. The average Bonchev–Trinajstić information content (AvgIpc) is 2.43. The molecule has 0 aromatic carbocycles. The predicted octanol–water partition coefficient (Wildman–Crippen LogP) is 3.41. The number of thiophene rings is 1. The maximum absolute atomic E-state index is 3.45. The van der Waals surface area contributed by atoms with Gasteiger partial charge in [0.15, 0.2) is 0 Å². The van der Waals surface area contributed by atoms with E-state index in [4.69, 9.17) is 0 Å². The molecule has 0 bridgehead atoms. The Balaban J connectivity index is 2.16. The van der Waals surface area contributed by atoms with Crippen molar-refractivity contribution in [2.24, 2.45) is 5.92 Å². The van der Waals surface area contributed by atoms with E-state index in [9.17, 15) is 0 Å². The first-order valence-electron chi connectivity index (χ1n) is 4.73. The molecule has 1 fully saturated rings. The van der Waals surface area contributed by atoms with Gasteiger partial charge in [-0.05, 0) is 59.8 Å². The van der Waals surface area contributed by atoms with Crippen LogP contribution in [0.3, 0.4) is 0 Å². The monoisotopic (exact) mass is 307 g/mol. The summed E-state index contributed by atoms with van der Waals surface area (Å²) in [5, 5.41) is 5.65. The Morgan fingerprint density at radius 1 is 1.62 bits per heavy atom. The standard InChI is InChI=1S/C10H14INS/c1-12-9(7-3-2-4-7)10-8(11)5-6-13-10/h5-7,9,12H,2-4H2,1H3. The molecule has 2 rings (SSSR count). The Bertz CT molecular complexity index is 280. The molecular formula is C10H14INS. The van der Waals surface area contributed by atoms with E-state index in [0.717, 1.165) is 5.92 Å². The molecular weight excluding hydrogens is 293 g/mol. The summed E-state index contributed by atoms with van der Waals surface area (Å²) < 4.78 is 1.42. The van der Waals surface area contributed by atoms with Crippen LogP contribution in [0, 0.1) is 9.49 Å². The van der Waals surface area contributed by atoms with Crippen molar-refractivity contribution in [3.05, 3.63) is 19.9 Å². The molecule has 1 atom stereocenters. The van der Waals surface area contributed by atoms with Gasteiger partial charge in [-0.2, -0.15) is 0 Å². The van der Waals surface area contributed by atoms with Gasteiger partial charge >= 0.3 is 0 Å². The van der Waals surface area contributed by atoms with Crippen molar-refractivity contribution in [1.82, 2.24) is 5.32 Å². The number of hydrogen-bond acceptors (Lipinski definition) is 2. The van der Waals surface area contributed by atoms with Gasteiger partial charge in [-0.1, -0.05) is 6.42 Å². The zero-order valence-electron chi connectivity index (χ0n) is 7.72. The molecule has 1 aromatic rings. The van der Waals surface area contributed by atoms with Crippen LogP contribution < -0.4 is 5.32 Å². The molecule has 3 heteroatoms. The molecule has 1 aliphatic rings. The largest absolute Gasteiger partial charge is 0.312 e. The quantitative estimate of drug-likeness (QED) is 0.844. The summed E-state index contributed by atoms with van der Waals surface area (Å²) in [5.41, 5.74) is 0. The first kappa shape index (κ1) is 9.93. The molecule has 1 saturated carbocycles. The highest BCUT2D eigenvalue weighted by Crippen LogP contribution is 2.40. The summed E-state index contributed by atoms with van der Waals surface area (Å²) >= 11 is 4.33. The van der Waals surface area contributed by atoms with E-state index in [2.05, 4.69) is 46.4 Å². The lowest BCUT2D eigenvalue weighted by Crippen LogP contribution is -2.29. The minimum Gasteiger partial charge on any atom is -0.312 e. The van der Waals surface area contributed by atoms with Gasteiger partial charge in [0.05, 0.1) is 0 Å². The average molecular weight is 307 g/mol. The van der Waals surface area contributed by atoms with Crippen molar-refractivity contribution in [2.75, 3.05) is 7.05 Å². The lowest BCUT2D eigenvalue weighted by molar-refractivity contribution is 0.241. The van der Waals surface area contributed by atoms with E-state index in [-0.39, 0.29) is 0 Å². The highest BCUT2D eigenvalue weighted by molar-refractivity contribution is 14.1. The van der Waals surface area contributed by atoms with E-state index >= 15 is 0 Å². The van der Waals surface area contributed by atoms with E-state index < -0.39 is 0 Å². The van der Waals surface area contributed by atoms with Gasteiger partial charge in [-0.3, -0.25) is 0 Å². The van der Waals surface area contributed by atoms with E-state index in [1.54, 1.807) is 0 Å². The third-order valence-electron chi connectivity index (χ3n) is 2.86. The summed E-state index contributed by atoms with van der Waals surface area (Å²) in [6.07, 6.45) is 4.23. The fraction of sp³-hybridized carbons (Fsp3) is 0.600. The zero-order valence-corrected chi connectivity index (χ0v) is 10.7. The number of hydrogen-bond donors (Lipinski definition) is 1. The van der Waals surface area contributed by atoms with Gasteiger partial charge in [-0.25, -0.2) is 0 Å². The number of nitrogens with one attached hydrogen (secondary N) is 1. The molecule has 0 radical (unpaired) electrons. The van der Waals surface area contributed by atoms with Gasteiger partial charge < -0.3 is 5.32 Å². The van der Waals surface area contributed by atoms with Crippen molar-refractivity contribution >= 4 is 33.9 Å². The van der Waals surface area contributed by atoms with Crippen molar-refractivity contribution < 1.29 is 0 Å². The van der Waals surface area contributed by atoms with Crippen LogP contribution in [0.5, 0.6) is 0 Å². The lowest BCUT2D eigenvalue weighted by Gasteiger charge is -2.33. The Kier molecular flexibility index (Phi) is 3.26. The Hall–Kier alpha value is 0.390. The number of halogens is 1. The molecule has 1 nitrogen and oxygen atoms in total. The number of rotatable bonds is 3. The van der Waals surface area contributed by atoms with E-state index in [0.29, 0.717) is 6.04 Å². The normalized spacial score (nSPS) is 19.8. The summed E-state index contributed by atoms with van der Waals surface area (Å²) in [4.78, 5) is 1.54. The van der Waals surface area contributed by atoms with Crippen LogP contribution in [0.25, 0.3) is 0 Å². The first-order valence-corrected chi connectivity index (χ1v) is 6.69. The Morgan fingerprint density at radius 2 is 2.38 bits per heavy atom. The summed E-state index contributed by atoms with van der Waals surface area (Å²) in [6, 6.07) is 2.82. The fourth-order valence-electron chi connectivity index (χ4n) is 1.88. The molecule has 1 heterocycles. The molecule has 13 heavy (non-hydrogen) atoms. The van der Waals surface area contributed by atoms with Gasteiger partial charge in [0, 0.05) is 14.5 Å². The third kappa shape index (κ3) is 1.92. The smallest absolute Gasteiger partial charge is 0.0451 e. The first-order chi connectivity index (χ1) is 6.33. The van der Waals surface area contributed by atoms with Gasteiger partial charge in [0.1, 0.15) is 0 Å². The van der Waals surface area contributed by atoms with Crippen LogP contribution in [0.15, 0.2) is 11.4 Å². The van der Waals surface area contributed by atoms with Gasteiger partial charge in [-0.15, -0.1) is 11.3 Å². The predicted molar refractivity (Wildman–Crippen MR) is 66.2 cm³/mol. The third-order valence-corrected chi connectivity index (χ3v) is 5.17. The van der Waals surface area contributed by atoms with Crippen LogP contribution in [0.2, 0.25) is 0 Å². The van der Waals surface area contributed by atoms with Gasteiger partial charge in [0.2, 0.25) is 0 Å².